The maximum Gasteiger partial charge on any atom is 0.272 e. The lowest BCUT2D eigenvalue weighted by Crippen LogP contribution is -2.17. The van der Waals surface area contributed by atoms with Crippen LogP contribution in [0.3, 0.4) is 0 Å². The molecule has 2 aromatic heterocycles. The van der Waals surface area contributed by atoms with Gasteiger partial charge in [-0.15, -0.1) is 0 Å². The number of nitrogens with zero attached hydrogens (tertiary/aromatic N) is 1. The van der Waals surface area contributed by atoms with Gasteiger partial charge in [-0.1, -0.05) is 0 Å². The Balaban J connectivity index is 1.74. The van der Waals surface area contributed by atoms with Gasteiger partial charge in [0.1, 0.15) is 17.1 Å². The van der Waals surface area contributed by atoms with Crippen molar-refractivity contribution in [3.05, 3.63) is 82.5 Å². The van der Waals surface area contributed by atoms with Crippen molar-refractivity contribution in [2.75, 3.05) is 5.32 Å². The van der Waals surface area contributed by atoms with Crippen molar-refractivity contribution in [1.82, 2.24) is 9.55 Å². The highest BCUT2D eigenvalue weighted by Gasteiger charge is 2.14. The molecule has 2 heterocycles. The zero-order chi connectivity index (χ0) is 19.8. The van der Waals surface area contributed by atoms with Crippen LogP contribution in [0, 0.1) is 5.82 Å². The standard InChI is InChI=1S/C20H14FN3O4/c21-15-10-12(2-7-17(15)26)22-20(28)16-9-11-1-8-18(27)24(19(11)23-16)13-3-5-14(25)6-4-13/h1-10,23,25-26H,(H,22,28). The van der Waals surface area contributed by atoms with Crippen LogP contribution in [-0.2, 0) is 0 Å². The molecule has 8 heteroatoms. The lowest BCUT2D eigenvalue weighted by Gasteiger charge is -2.07. The van der Waals surface area contributed by atoms with Crippen LogP contribution in [-0.4, -0.2) is 25.7 Å². The number of carbonyl (C=O) groups excluding carboxylic acids is 1. The third-order valence-corrected chi connectivity index (χ3v) is 4.23. The second-order valence-corrected chi connectivity index (χ2v) is 6.13. The van der Waals surface area contributed by atoms with Gasteiger partial charge in [0.05, 0.1) is 5.69 Å². The fourth-order valence-electron chi connectivity index (χ4n) is 2.88. The van der Waals surface area contributed by atoms with E-state index in [1.54, 1.807) is 24.3 Å². The fourth-order valence-corrected chi connectivity index (χ4v) is 2.88. The number of amides is 1. The number of halogens is 1. The van der Waals surface area contributed by atoms with Gasteiger partial charge < -0.3 is 20.5 Å². The summed E-state index contributed by atoms with van der Waals surface area (Å²) in [6, 6.07) is 14.1. The third kappa shape index (κ3) is 3.07. The number of carbonyl (C=O) groups is 1. The number of benzene rings is 2. The predicted molar refractivity (Wildman–Crippen MR) is 102 cm³/mol. The molecule has 4 rings (SSSR count). The first-order chi connectivity index (χ1) is 13.4. The minimum atomic E-state index is -0.851. The number of aromatic nitrogens is 2. The second-order valence-electron chi connectivity index (χ2n) is 6.13. The number of hydrogen-bond donors (Lipinski definition) is 4. The molecule has 0 fully saturated rings. The van der Waals surface area contributed by atoms with E-state index >= 15 is 0 Å². The molecule has 140 valence electrons. The molecule has 4 aromatic rings. The van der Waals surface area contributed by atoms with E-state index in [0.29, 0.717) is 16.7 Å². The Morgan fingerprint density at radius 2 is 1.75 bits per heavy atom. The molecule has 0 radical (unpaired) electrons. The average Bonchev–Trinajstić information content (AvgIpc) is 3.10. The van der Waals surface area contributed by atoms with Gasteiger partial charge in [0, 0.05) is 23.2 Å². The molecule has 0 aliphatic rings. The number of nitrogens with one attached hydrogen (secondary N) is 2. The van der Waals surface area contributed by atoms with E-state index in [4.69, 9.17) is 0 Å². The van der Waals surface area contributed by atoms with Gasteiger partial charge >= 0.3 is 0 Å². The summed E-state index contributed by atoms with van der Waals surface area (Å²) in [4.78, 5) is 27.8. The van der Waals surface area contributed by atoms with Crippen LogP contribution < -0.4 is 10.9 Å². The van der Waals surface area contributed by atoms with Crippen LogP contribution in [0.2, 0.25) is 0 Å². The lowest BCUT2D eigenvalue weighted by molar-refractivity contribution is 0.102. The Labute approximate surface area is 157 Å². The third-order valence-electron chi connectivity index (χ3n) is 4.23. The summed E-state index contributed by atoms with van der Waals surface area (Å²) in [6.07, 6.45) is 0. The summed E-state index contributed by atoms with van der Waals surface area (Å²) in [7, 11) is 0. The molecule has 4 N–H and O–H groups in total. The fraction of sp³-hybridized carbons (Fsp3) is 0. The van der Waals surface area contributed by atoms with Crippen molar-refractivity contribution < 1.29 is 19.4 Å². The molecule has 0 unspecified atom stereocenters. The Hall–Kier alpha value is -4.07. The number of rotatable bonds is 3. The number of aromatic amines is 1. The molecule has 0 spiro atoms. The maximum atomic E-state index is 13.4. The molecule has 1 amide bonds. The SMILES string of the molecule is O=C(Nc1ccc(O)c(F)c1)c1cc2ccc(=O)n(-c3ccc(O)cc3)c2[nH]1. The van der Waals surface area contributed by atoms with Crippen LogP contribution in [0.4, 0.5) is 10.1 Å². The molecule has 7 nitrogen and oxygen atoms in total. The molecule has 0 saturated heterocycles. The number of fused-ring (bicyclic) bond motifs is 1. The Bertz CT molecular complexity index is 1260. The highest BCUT2D eigenvalue weighted by molar-refractivity contribution is 6.05. The molecule has 0 bridgehead atoms. The minimum Gasteiger partial charge on any atom is -0.508 e. The number of aromatic hydroxyl groups is 2. The Morgan fingerprint density at radius 1 is 1.00 bits per heavy atom. The molecular formula is C20H14FN3O4. The number of phenols is 2. The van der Waals surface area contributed by atoms with E-state index in [0.717, 1.165) is 12.1 Å². The first-order valence-corrected chi connectivity index (χ1v) is 8.26. The number of phenolic OH excluding ortho intramolecular Hbond substituents is 2. The van der Waals surface area contributed by atoms with Gasteiger partial charge in [-0.25, -0.2) is 4.39 Å². The van der Waals surface area contributed by atoms with E-state index in [2.05, 4.69) is 10.3 Å². The molecule has 0 aliphatic heterocycles. The van der Waals surface area contributed by atoms with Gasteiger partial charge in [0.15, 0.2) is 11.6 Å². The molecule has 2 aromatic carbocycles. The molecule has 0 saturated carbocycles. The van der Waals surface area contributed by atoms with Gasteiger partial charge in [-0.2, -0.15) is 0 Å². The van der Waals surface area contributed by atoms with Crippen molar-refractivity contribution in [1.29, 1.82) is 0 Å². The second kappa shape index (κ2) is 6.58. The minimum absolute atomic E-state index is 0.0663. The van der Waals surface area contributed by atoms with Crippen molar-refractivity contribution in [2.45, 2.75) is 0 Å². The van der Waals surface area contributed by atoms with Crippen LogP contribution in [0.1, 0.15) is 10.5 Å². The van der Waals surface area contributed by atoms with Crippen LogP contribution in [0.5, 0.6) is 11.5 Å². The predicted octanol–water partition coefficient (Wildman–Crippen LogP) is 3.12. The lowest BCUT2D eigenvalue weighted by atomic mass is 10.2. The van der Waals surface area contributed by atoms with Gasteiger partial charge in [0.25, 0.3) is 11.5 Å². The molecule has 0 atom stereocenters. The van der Waals surface area contributed by atoms with Crippen molar-refractivity contribution in [3.63, 3.8) is 0 Å². The monoisotopic (exact) mass is 379 g/mol. The molecule has 0 aliphatic carbocycles. The maximum absolute atomic E-state index is 13.4. The zero-order valence-corrected chi connectivity index (χ0v) is 14.3. The number of pyridine rings is 1. The topological polar surface area (TPSA) is 107 Å². The van der Waals surface area contributed by atoms with Gasteiger partial charge in [0.2, 0.25) is 0 Å². The molecular weight excluding hydrogens is 365 g/mol. The first kappa shape index (κ1) is 17.3. The van der Waals surface area contributed by atoms with E-state index < -0.39 is 17.5 Å². The number of hydrogen-bond acceptors (Lipinski definition) is 4. The van der Waals surface area contributed by atoms with Crippen molar-refractivity contribution >= 4 is 22.6 Å². The summed E-state index contributed by atoms with van der Waals surface area (Å²) < 4.78 is 14.8. The normalized spacial score (nSPS) is 10.9. The summed E-state index contributed by atoms with van der Waals surface area (Å²) in [5.41, 5.74) is 0.951. The molecule has 28 heavy (non-hydrogen) atoms. The van der Waals surface area contributed by atoms with Gasteiger partial charge in [-0.05, 0) is 48.5 Å². The van der Waals surface area contributed by atoms with Crippen LogP contribution >= 0.6 is 0 Å². The first-order valence-electron chi connectivity index (χ1n) is 8.26. The van der Waals surface area contributed by atoms with E-state index in [9.17, 15) is 24.2 Å². The van der Waals surface area contributed by atoms with Gasteiger partial charge in [-0.3, -0.25) is 14.2 Å². The zero-order valence-electron chi connectivity index (χ0n) is 14.3. The highest BCUT2D eigenvalue weighted by Crippen LogP contribution is 2.22. The largest absolute Gasteiger partial charge is 0.508 e. The van der Waals surface area contributed by atoms with E-state index in [1.165, 1.54) is 28.8 Å². The van der Waals surface area contributed by atoms with Crippen LogP contribution in [0.25, 0.3) is 16.7 Å². The highest BCUT2D eigenvalue weighted by atomic mass is 19.1. The quantitative estimate of drug-likeness (QED) is 0.410. The summed E-state index contributed by atoms with van der Waals surface area (Å²) in [5, 5.41) is 21.8. The summed E-state index contributed by atoms with van der Waals surface area (Å²) in [5.74, 6) is -1.83. The summed E-state index contributed by atoms with van der Waals surface area (Å²) in [6.45, 7) is 0. The Kier molecular flexibility index (Phi) is 4.08. The number of H-pyrrole nitrogens is 1. The van der Waals surface area contributed by atoms with Crippen LogP contribution in [0.15, 0.2) is 65.5 Å². The van der Waals surface area contributed by atoms with Crippen molar-refractivity contribution in [3.8, 4) is 17.2 Å². The van der Waals surface area contributed by atoms with Crippen molar-refractivity contribution in [2.24, 2.45) is 0 Å². The summed E-state index contributed by atoms with van der Waals surface area (Å²) >= 11 is 0. The Morgan fingerprint density at radius 3 is 2.46 bits per heavy atom. The van der Waals surface area contributed by atoms with E-state index in [1.807, 2.05) is 0 Å². The number of anilines is 1. The van der Waals surface area contributed by atoms with E-state index in [-0.39, 0.29) is 22.7 Å². The average molecular weight is 379 g/mol. The smallest absolute Gasteiger partial charge is 0.272 e.